The minimum absolute atomic E-state index is 0.471. The number of nitrogen functional groups attached to an aromatic ring is 1. The molecule has 2 N–H and O–H groups in total. The maximum absolute atomic E-state index is 6.07. The van der Waals surface area contributed by atoms with Crippen LogP contribution in [0.5, 0.6) is 0 Å². The molecule has 1 aromatic heterocycles. The van der Waals surface area contributed by atoms with Gasteiger partial charge in [-0.1, -0.05) is 29.8 Å². The highest BCUT2D eigenvalue weighted by Crippen LogP contribution is 2.21. The van der Waals surface area contributed by atoms with Gasteiger partial charge in [-0.15, -0.1) is 5.10 Å². The summed E-state index contributed by atoms with van der Waals surface area (Å²) in [5.41, 5.74) is 8.56. The molecule has 0 aliphatic rings. The summed E-state index contributed by atoms with van der Waals surface area (Å²) in [6.07, 6.45) is 0.782. The van der Waals surface area contributed by atoms with Crippen LogP contribution in [-0.4, -0.2) is 15.0 Å². The van der Waals surface area contributed by atoms with Crippen LogP contribution in [0.15, 0.2) is 18.2 Å². The molecule has 1 heterocycles. The van der Waals surface area contributed by atoms with Crippen molar-refractivity contribution in [3.8, 4) is 5.69 Å². The highest BCUT2D eigenvalue weighted by atomic mass is 35.5. The van der Waals surface area contributed by atoms with Crippen LogP contribution in [0, 0.1) is 6.92 Å². The number of hydrogen-bond donors (Lipinski definition) is 1. The molecule has 16 heavy (non-hydrogen) atoms. The molecule has 5 heteroatoms. The van der Waals surface area contributed by atoms with Crippen LogP contribution in [0.1, 0.15) is 18.2 Å². The zero-order chi connectivity index (χ0) is 11.7. The third kappa shape index (κ3) is 1.76. The predicted octanol–water partition coefficient (Wildman–Crippen LogP) is 2.37. The lowest BCUT2D eigenvalue weighted by Crippen LogP contribution is -2.02. The number of halogens is 1. The monoisotopic (exact) mass is 236 g/mol. The van der Waals surface area contributed by atoms with Crippen molar-refractivity contribution in [2.45, 2.75) is 20.3 Å². The molecule has 2 aromatic rings. The van der Waals surface area contributed by atoms with Gasteiger partial charge in [0.2, 0.25) is 0 Å². The number of aromatic nitrogens is 3. The lowest BCUT2D eigenvalue weighted by atomic mass is 10.2. The Balaban J connectivity index is 2.54. The maximum atomic E-state index is 6.07. The second-order valence-corrected chi connectivity index (χ2v) is 4.03. The largest absolute Gasteiger partial charge is 0.381 e. The Morgan fingerprint density at radius 2 is 2.19 bits per heavy atom. The number of hydrogen-bond acceptors (Lipinski definition) is 3. The van der Waals surface area contributed by atoms with Crippen molar-refractivity contribution in [2.24, 2.45) is 0 Å². The molecule has 0 aliphatic heterocycles. The van der Waals surface area contributed by atoms with E-state index in [1.807, 2.05) is 32.0 Å². The number of aryl methyl sites for hydroxylation is 1. The van der Waals surface area contributed by atoms with E-state index in [9.17, 15) is 0 Å². The Hall–Kier alpha value is -1.55. The minimum atomic E-state index is 0.471. The van der Waals surface area contributed by atoms with Crippen LogP contribution in [-0.2, 0) is 6.42 Å². The van der Waals surface area contributed by atoms with Gasteiger partial charge in [-0.25, -0.2) is 4.68 Å². The smallest absolute Gasteiger partial charge is 0.169 e. The number of anilines is 1. The average Bonchev–Trinajstić information content (AvgIpc) is 2.63. The van der Waals surface area contributed by atoms with E-state index < -0.39 is 0 Å². The SMILES string of the molecule is CCc1c(N)nnn1-c1ccc(C)c(Cl)c1. The van der Waals surface area contributed by atoms with Crippen molar-refractivity contribution in [1.82, 2.24) is 15.0 Å². The summed E-state index contributed by atoms with van der Waals surface area (Å²) in [5.74, 6) is 0.471. The lowest BCUT2D eigenvalue weighted by molar-refractivity contribution is 0.767. The lowest BCUT2D eigenvalue weighted by Gasteiger charge is -2.06. The van der Waals surface area contributed by atoms with Crippen molar-refractivity contribution in [3.05, 3.63) is 34.5 Å². The average molecular weight is 237 g/mol. The third-order valence-electron chi connectivity index (χ3n) is 2.53. The molecule has 0 bridgehead atoms. The molecule has 0 aliphatic carbocycles. The van der Waals surface area contributed by atoms with Crippen molar-refractivity contribution in [2.75, 3.05) is 5.73 Å². The van der Waals surface area contributed by atoms with E-state index in [0.717, 1.165) is 23.4 Å². The van der Waals surface area contributed by atoms with Crippen molar-refractivity contribution < 1.29 is 0 Å². The molecular weight excluding hydrogens is 224 g/mol. The molecule has 4 nitrogen and oxygen atoms in total. The minimum Gasteiger partial charge on any atom is -0.381 e. The van der Waals surface area contributed by atoms with Crippen LogP contribution in [0.25, 0.3) is 5.69 Å². The van der Waals surface area contributed by atoms with Gasteiger partial charge in [0.05, 0.1) is 11.4 Å². The first kappa shape index (κ1) is 11.0. The normalized spacial score (nSPS) is 10.7. The Morgan fingerprint density at radius 1 is 1.44 bits per heavy atom. The summed E-state index contributed by atoms with van der Waals surface area (Å²) in [4.78, 5) is 0. The van der Waals surface area contributed by atoms with Gasteiger partial charge in [-0.3, -0.25) is 0 Å². The van der Waals surface area contributed by atoms with Crippen LogP contribution in [0.2, 0.25) is 5.02 Å². The number of benzene rings is 1. The van der Waals surface area contributed by atoms with Gasteiger partial charge in [-0.05, 0) is 31.0 Å². The summed E-state index contributed by atoms with van der Waals surface area (Å²) in [5, 5.41) is 8.59. The van der Waals surface area contributed by atoms with E-state index >= 15 is 0 Å². The predicted molar refractivity (Wildman–Crippen MR) is 64.9 cm³/mol. The highest BCUT2D eigenvalue weighted by molar-refractivity contribution is 6.31. The molecule has 0 atom stereocenters. The van der Waals surface area contributed by atoms with Crippen LogP contribution in [0.4, 0.5) is 5.82 Å². The van der Waals surface area contributed by atoms with Crippen molar-refractivity contribution in [1.29, 1.82) is 0 Å². The Kier molecular flexibility index (Phi) is 2.83. The van der Waals surface area contributed by atoms with Crippen LogP contribution >= 0.6 is 11.6 Å². The van der Waals surface area contributed by atoms with E-state index in [-0.39, 0.29) is 0 Å². The second kappa shape index (κ2) is 4.14. The molecule has 2 rings (SSSR count). The molecule has 0 saturated heterocycles. The first-order valence-electron chi connectivity index (χ1n) is 5.10. The van der Waals surface area contributed by atoms with Crippen LogP contribution in [0.3, 0.4) is 0 Å². The molecule has 0 spiro atoms. The summed E-state index contributed by atoms with van der Waals surface area (Å²) < 4.78 is 1.72. The first-order chi connectivity index (χ1) is 7.63. The van der Waals surface area contributed by atoms with Gasteiger partial charge >= 0.3 is 0 Å². The van der Waals surface area contributed by atoms with Gasteiger partial charge in [0, 0.05) is 5.02 Å². The maximum Gasteiger partial charge on any atom is 0.169 e. The molecule has 0 radical (unpaired) electrons. The van der Waals surface area contributed by atoms with Crippen LogP contribution < -0.4 is 5.73 Å². The first-order valence-corrected chi connectivity index (χ1v) is 5.48. The number of nitrogens with two attached hydrogens (primary N) is 1. The highest BCUT2D eigenvalue weighted by Gasteiger charge is 2.10. The summed E-state index contributed by atoms with van der Waals surface area (Å²) in [7, 11) is 0. The molecule has 0 unspecified atom stereocenters. The number of nitrogens with zero attached hydrogens (tertiary/aromatic N) is 3. The van der Waals surface area contributed by atoms with E-state index in [0.29, 0.717) is 10.8 Å². The summed E-state index contributed by atoms with van der Waals surface area (Å²) in [6, 6.07) is 5.77. The Labute approximate surface area is 99.0 Å². The zero-order valence-electron chi connectivity index (χ0n) is 9.24. The standard InChI is InChI=1S/C11H13ClN4/c1-3-10-11(13)14-15-16(10)8-5-4-7(2)9(12)6-8/h4-6H,3,13H2,1-2H3. The molecule has 0 amide bonds. The fourth-order valence-electron chi connectivity index (χ4n) is 1.56. The van der Waals surface area contributed by atoms with E-state index in [1.165, 1.54) is 0 Å². The van der Waals surface area contributed by atoms with Gasteiger partial charge in [-0.2, -0.15) is 0 Å². The van der Waals surface area contributed by atoms with Gasteiger partial charge in [0.25, 0.3) is 0 Å². The topological polar surface area (TPSA) is 56.7 Å². The van der Waals surface area contributed by atoms with E-state index in [1.54, 1.807) is 4.68 Å². The van der Waals surface area contributed by atoms with Gasteiger partial charge < -0.3 is 5.73 Å². The fourth-order valence-corrected chi connectivity index (χ4v) is 1.74. The van der Waals surface area contributed by atoms with Crippen molar-refractivity contribution >= 4 is 17.4 Å². The molecular formula is C11H13ClN4. The third-order valence-corrected chi connectivity index (χ3v) is 2.94. The molecule has 0 fully saturated rings. The zero-order valence-corrected chi connectivity index (χ0v) is 9.99. The summed E-state index contributed by atoms with van der Waals surface area (Å²) >= 11 is 6.07. The molecule has 1 aromatic carbocycles. The van der Waals surface area contributed by atoms with Crippen molar-refractivity contribution in [3.63, 3.8) is 0 Å². The van der Waals surface area contributed by atoms with Gasteiger partial charge in [0.1, 0.15) is 0 Å². The van der Waals surface area contributed by atoms with E-state index in [4.69, 9.17) is 17.3 Å². The second-order valence-electron chi connectivity index (χ2n) is 3.62. The van der Waals surface area contributed by atoms with E-state index in [2.05, 4.69) is 10.3 Å². The Morgan fingerprint density at radius 3 is 2.81 bits per heavy atom. The summed E-state index contributed by atoms with van der Waals surface area (Å²) in [6.45, 7) is 3.98. The molecule has 84 valence electrons. The quantitative estimate of drug-likeness (QED) is 0.871. The number of rotatable bonds is 2. The molecule has 0 saturated carbocycles. The van der Waals surface area contributed by atoms with Gasteiger partial charge in [0.15, 0.2) is 5.82 Å². The fraction of sp³-hybridized carbons (Fsp3) is 0.273. The Bertz CT molecular complexity index is 519.